The molecular weight excluding hydrogens is 414 g/mol. The van der Waals surface area contributed by atoms with Crippen molar-refractivity contribution in [1.29, 1.82) is 0 Å². The highest BCUT2D eigenvalue weighted by Gasteiger charge is 2.20. The molecule has 0 aliphatic carbocycles. The van der Waals surface area contributed by atoms with Crippen LogP contribution in [0.3, 0.4) is 0 Å². The van der Waals surface area contributed by atoms with Crippen LogP contribution in [0.5, 0.6) is 0 Å². The molecule has 0 atom stereocenters. The smallest absolute Gasteiger partial charge is 0.324 e. The number of aromatic nitrogens is 4. The van der Waals surface area contributed by atoms with Gasteiger partial charge in [-0.05, 0) is 39.7 Å². The third kappa shape index (κ3) is 3.00. The molecule has 1 amide bonds. The lowest BCUT2D eigenvalue weighted by Crippen LogP contribution is -2.37. The second-order valence-corrected chi connectivity index (χ2v) is 6.57. The summed E-state index contributed by atoms with van der Waals surface area (Å²) >= 11 is 9.44. The number of benzene rings is 1. The molecule has 0 saturated carbocycles. The molecule has 1 aromatic carbocycles. The SMILES string of the molecule is Cn1c(=O)c2c(nc(Cl)n2CC(=O)Nc2ccccc2Br)n(C)c1=O. The van der Waals surface area contributed by atoms with Gasteiger partial charge in [-0.1, -0.05) is 12.1 Å². The van der Waals surface area contributed by atoms with Gasteiger partial charge in [-0.2, -0.15) is 4.98 Å². The number of aryl methyl sites for hydroxylation is 1. The Balaban J connectivity index is 2.04. The highest BCUT2D eigenvalue weighted by molar-refractivity contribution is 9.10. The van der Waals surface area contributed by atoms with Gasteiger partial charge in [0, 0.05) is 18.6 Å². The molecule has 0 spiro atoms. The van der Waals surface area contributed by atoms with Gasteiger partial charge in [-0.3, -0.25) is 23.3 Å². The standard InChI is InChI=1S/C15H13BrClN5O3/c1-20-12-11(13(24)21(2)15(20)25)22(14(17)19-12)7-10(23)18-9-6-4-3-5-8(9)16/h3-6H,7H2,1-2H3,(H,18,23). The second-order valence-electron chi connectivity index (χ2n) is 5.37. The van der Waals surface area contributed by atoms with Gasteiger partial charge in [-0.15, -0.1) is 0 Å². The molecule has 0 aliphatic heterocycles. The average Bonchev–Trinajstić information content (AvgIpc) is 2.90. The fourth-order valence-electron chi connectivity index (χ4n) is 2.46. The number of carbonyl (C=O) groups excluding carboxylic acids is 1. The average molecular weight is 427 g/mol. The maximum absolute atomic E-state index is 12.4. The number of rotatable bonds is 3. The van der Waals surface area contributed by atoms with Crippen LogP contribution in [0.2, 0.25) is 5.28 Å². The minimum atomic E-state index is -0.564. The molecule has 0 bridgehead atoms. The minimum absolute atomic E-state index is 0.0458. The molecule has 2 aromatic heterocycles. The number of hydrogen-bond donors (Lipinski definition) is 1. The van der Waals surface area contributed by atoms with E-state index in [1.54, 1.807) is 18.2 Å². The predicted molar refractivity (Wildman–Crippen MR) is 98.0 cm³/mol. The van der Waals surface area contributed by atoms with Gasteiger partial charge in [0.2, 0.25) is 11.2 Å². The number of nitrogens with zero attached hydrogens (tertiary/aromatic N) is 4. The maximum Gasteiger partial charge on any atom is 0.332 e. The van der Waals surface area contributed by atoms with E-state index in [-0.39, 0.29) is 28.9 Å². The molecule has 3 rings (SSSR count). The summed E-state index contributed by atoms with van der Waals surface area (Å²) in [6.07, 6.45) is 0. The van der Waals surface area contributed by atoms with Crippen LogP contribution in [0, 0.1) is 0 Å². The molecule has 1 N–H and O–H groups in total. The Hall–Kier alpha value is -2.39. The number of amides is 1. The topological polar surface area (TPSA) is 90.9 Å². The van der Waals surface area contributed by atoms with Crippen molar-refractivity contribution in [3.05, 3.63) is 54.9 Å². The summed E-state index contributed by atoms with van der Waals surface area (Å²) in [7, 11) is 2.84. The number of anilines is 1. The van der Waals surface area contributed by atoms with E-state index in [0.29, 0.717) is 5.69 Å². The lowest BCUT2D eigenvalue weighted by molar-refractivity contribution is -0.116. The fraction of sp³-hybridized carbons (Fsp3) is 0.200. The lowest BCUT2D eigenvalue weighted by Gasteiger charge is -2.09. The minimum Gasteiger partial charge on any atom is -0.324 e. The Morgan fingerprint density at radius 1 is 1.24 bits per heavy atom. The maximum atomic E-state index is 12.4. The summed E-state index contributed by atoms with van der Waals surface area (Å²) < 4.78 is 4.17. The Labute approximate surface area is 154 Å². The first-order valence-electron chi connectivity index (χ1n) is 7.17. The molecule has 130 valence electrons. The van der Waals surface area contributed by atoms with E-state index in [1.165, 1.54) is 23.2 Å². The van der Waals surface area contributed by atoms with Gasteiger partial charge in [-0.25, -0.2) is 4.79 Å². The molecule has 0 fully saturated rings. The summed E-state index contributed by atoms with van der Waals surface area (Å²) in [5.41, 5.74) is -0.264. The quantitative estimate of drug-likeness (QED) is 0.643. The van der Waals surface area contributed by atoms with Crippen LogP contribution in [-0.4, -0.2) is 24.6 Å². The van der Waals surface area contributed by atoms with Crippen LogP contribution >= 0.6 is 27.5 Å². The van der Waals surface area contributed by atoms with E-state index < -0.39 is 11.2 Å². The lowest BCUT2D eigenvalue weighted by atomic mass is 10.3. The molecule has 0 unspecified atom stereocenters. The number of imidazole rings is 1. The van der Waals surface area contributed by atoms with Crippen molar-refractivity contribution in [2.24, 2.45) is 14.1 Å². The van der Waals surface area contributed by atoms with Gasteiger partial charge >= 0.3 is 5.69 Å². The Kier molecular flexibility index (Phi) is 4.53. The van der Waals surface area contributed by atoms with Gasteiger partial charge in [0.25, 0.3) is 5.56 Å². The van der Waals surface area contributed by atoms with Crippen molar-refractivity contribution < 1.29 is 4.79 Å². The first-order chi connectivity index (χ1) is 11.8. The molecule has 0 radical (unpaired) electrons. The van der Waals surface area contributed by atoms with Crippen molar-refractivity contribution >= 4 is 50.3 Å². The van der Waals surface area contributed by atoms with Crippen LogP contribution in [0.25, 0.3) is 11.2 Å². The van der Waals surface area contributed by atoms with Gasteiger partial charge in [0.15, 0.2) is 11.2 Å². The van der Waals surface area contributed by atoms with Crippen LogP contribution in [0.1, 0.15) is 0 Å². The number of carbonyl (C=O) groups is 1. The van der Waals surface area contributed by atoms with Crippen molar-refractivity contribution in [3.63, 3.8) is 0 Å². The Bertz CT molecular complexity index is 1110. The molecule has 25 heavy (non-hydrogen) atoms. The molecule has 0 aliphatic rings. The van der Waals surface area contributed by atoms with E-state index in [4.69, 9.17) is 11.6 Å². The number of para-hydroxylation sites is 1. The zero-order valence-electron chi connectivity index (χ0n) is 13.3. The molecule has 2 heterocycles. The first kappa shape index (κ1) is 17.4. The predicted octanol–water partition coefficient (Wildman–Crippen LogP) is 1.49. The van der Waals surface area contributed by atoms with Crippen molar-refractivity contribution in [2.75, 3.05) is 5.32 Å². The Morgan fingerprint density at radius 3 is 2.60 bits per heavy atom. The Morgan fingerprint density at radius 2 is 1.92 bits per heavy atom. The van der Waals surface area contributed by atoms with Crippen LogP contribution in [-0.2, 0) is 25.4 Å². The number of nitrogens with one attached hydrogen (secondary N) is 1. The second kappa shape index (κ2) is 6.49. The molecule has 3 aromatic rings. The summed E-state index contributed by atoms with van der Waals surface area (Å²) in [6, 6.07) is 7.13. The van der Waals surface area contributed by atoms with E-state index in [9.17, 15) is 14.4 Å². The van der Waals surface area contributed by atoms with Crippen molar-refractivity contribution in [3.8, 4) is 0 Å². The molecule has 0 saturated heterocycles. The van der Waals surface area contributed by atoms with Gasteiger partial charge in [0.1, 0.15) is 6.54 Å². The summed E-state index contributed by atoms with van der Waals surface area (Å²) in [6.45, 7) is -0.218. The summed E-state index contributed by atoms with van der Waals surface area (Å²) in [5, 5.41) is 2.68. The zero-order valence-corrected chi connectivity index (χ0v) is 15.6. The van der Waals surface area contributed by atoms with Crippen LogP contribution < -0.4 is 16.6 Å². The zero-order chi connectivity index (χ0) is 18.3. The highest BCUT2D eigenvalue weighted by Crippen LogP contribution is 2.21. The monoisotopic (exact) mass is 425 g/mol. The van der Waals surface area contributed by atoms with E-state index in [1.807, 2.05) is 6.07 Å². The van der Waals surface area contributed by atoms with E-state index in [0.717, 1.165) is 9.04 Å². The highest BCUT2D eigenvalue weighted by atomic mass is 79.9. The third-order valence-electron chi connectivity index (χ3n) is 3.75. The van der Waals surface area contributed by atoms with Gasteiger partial charge in [0.05, 0.1) is 5.69 Å². The normalized spacial score (nSPS) is 11.0. The van der Waals surface area contributed by atoms with Crippen molar-refractivity contribution in [2.45, 2.75) is 6.54 Å². The fourth-order valence-corrected chi connectivity index (χ4v) is 3.07. The molecular formula is C15H13BrClN5O3. The van der Waals surface area contributed by atoms with Crippen LogP contribution in [0.4, 0.5) is 5.69 Å². The third-order valence-corrected chi connectivity index (χ3v) is 4.73. The molecule has 8 nitrogen and oxygen atoms in total. The number of fused-ring (bicyclic) bond motifs is 1. The number of halogens is 2. The molecule has 10 heteroatoms. The van der Waals surface area contributed by atoms with Gasteiger partial charge < -0.3 is 5.32 Å². The van der Waals surface area contributed by atoms with E-state index >= 15 is 0 Å². The summed E-state index contributed by atoms with van der Waals surface area (Å²) in [4.78, 5) is 40.8. The summed E-state index contributed by atoms with van der Waals surface area (Å²) in [5.74, 6) is -0.385. The first-order valence-corrected chi connectivity index (χ1v) is 8.34. The number of hydrogen-bond acceptors (Lipinski definition) is 4. The van der Waals surface area contributed by atoms with Crippen LogP contribution in [0.15, 0.2) is 38.3 Å². The van der Waals surface area contributed by atoms with Crippen molar-refractivity contribution in [1.82, 2.24) is 18.7 Å². The largest absolute Gasteiger partial charge is 0.332 e. The van der Waals surface area contributed by atoms with E-state index in [2.05, 4.69) is 26.2 Å².